The molecule has 0 aromatic heterocycles. The van der Waals surface area contributed by atoms with Gasteiger partial charge in [0.05, 0.1) is 15.2 Å². The molecule has 0 saturated carbocycles. The van der Waals surface area contributed by atoms with Crippen molar-refractivity contribution in [2.45, 2.75) is 54.3 Å². The van der Waals surface area contributed by atoms with E-state index in [1.165, 1.54) is 12.2 Å². The van der Waals surface area contributed by atoms with Crippen LogP contribution in [-0.4, -0.2) is 49.0 Å². The Hall–Kier alpha value is -2.35. The Bertz CT molecular complexity index is 960. The zero-order valence-corrected chi connectivity index (χ0v) is 16.7. The van der Waals surface area contributed by atoms with Crippen LogP contribution in [0.15, 0.2) is 34.3 Å². The van der Waals surface area contributed by atoms with Crippen molar-refractivity contribution in [3.63, 3.8) is 0 Å². The highest BCUT2D eigenvalue weighted by Gasteiger charge is 2.50. The fourth-order valence-corrected chi connectivity index (χ4v) is 5.39. The smallest absolute Gasteiger partial charge is 0.409 e. The van der Waals surface area contributed by atoms with Crippen molar-refractivity contribution in [3.05, 3.63) is 29.8 Å². The van der Waals surface area contributed by atoms with E-state index in [0.29, 0.717) is 12.1 Å². The lowest BCUT2D eigenvalue weighted by molar-refractivity contribution is -0.137. The summed E-state index contributed by atoms with van der Waals surface area (Å²) in [6, 6.07) is 3.07. The van der Waals surface area contributed by atoms with Gasteiger partial charge in [0.2, 0.25) is 0 Å². The van der Waals surface area contributed by atoms with Gasteiger partial charge in [-0.15, -0.1) is 0 Å². The standard InChI is InChI=1S/C17H18F6N2O5S/c1-2-15(31(28,29)11-5-3-4-10(8-11)16(18,19)20)6-7-30-12(9-15)13(26)24-14(25-27)17(21,22)23/h3-5,8,12,27H,2,6-7,9H2,1H3,(H,24,25,26). The molecule has 1 heterocycles. The molecule has 2 N–H and O–H groups in total. The number of carbonyl (C=O) groups is 1. The molecule has 174 valence electrons. The van der Waals surface area contributed by atoms with Crippen molar-refractivity contribution in [1.82, 2.24) is 5.32 Å². The number of benzene rings is 1. The summed E-state index contributed by atoms with van der Waals surface area (Å²) in [6.07, 6.45) is -12.6. The van der Waals surface area contributed by atoms with E-state index in [2.05, 4.69) is 0 Å². The minimum Gasteiger partial charge on any atom is -0.409 e. The normalized spacial score (nSPS) is 23.5. The summed E-state index contributed by atoms with van der Waals surface area (Å²) in [5, 5.41) is 11.7. The van der Waals surface area contributed by atoms with Crippen LogP contribution in [0, 0.1) is 0 Å². The molecule has 1 amide bonds. The van der Waals surface area contributed by atoms with Crippen molar-refractivity contribution in [2.24, 2.45) is 5.16 Å². The molecule has 1 aromatic rings. The number of oxime groups is 1. The third-order valence-corrected chi connectivity index (χ3v) is 7.70. The number of nitrogens with one attached hydrogen (secondary N) is 1. The van der Waals surface area contributed by atoms with Crippen LogP contribution in [0.3, 0.4) is 0 Å². The van der Waals surface area contributed by atoms with Crippen molar-refractivity contribution < 1.29 is 49.5 Å². The number of hydrogen-bond donors (Lipinski definition) is 2. The van der Waals surface area contributed by atoms with Gasteiger partial charge in [-0.2, -0.15) is 26.3 Å². The van der Waals surface area contributed by atoms with Crippen molar-refractivity contribution in [2.75, 3.05) is 6.61 Å². The summed E-state index contributed by atoms with van der Waals surface area (Å²) in [4.78, 5) is 11.6. The van der Waals surface area contributed by atoms with Gasteiger partial charge >= 0.3 is 12.4 Å². The first-order chi connectivity index (χ1) is 14.2. The maximum Gasteiger partial charge on any atom is 0.453 e. The Kier molecular flexibility index (Phi) is 6.95. The molecule has 2 unspecified atom stereocenters. The monoisotopic (exact) mass is 476 g/mol. The fraction of sp³-hybridized carbons (Fsp3) is 0.529. The van der Waals surface area contributed by atoms with Gasteiger partial charge in [-0.1, -0.05) is 18.1 Å². The number of alkyl halides is 6. The molecule has 1 aliphatic heterocycles. The van der Waals surface area contributed by atoms with Crippen LogP contribution in [0.1, 0.15) is 31.7 Å². The molecule has 2 atom stereocenters. The Morgan fingerprint density at radius 1 is 1.29 bits per heavy atom. The van der Waals surface area contributed by atoms with Gasteiger partial charge in [-0.3, -0.25) is 4.79 Å². The number of hydrogen-bond acceptors (Lipinski definition) is 6. The van der Waals surface area contributed by atoms with E-state index in [0.717, 1.165) is 12.1 Å². The molecule has 1 saturated heterocycles. The van der Waals surface area contributed by atoms with Crippen molar-refractivity contribution in [3.8, 4) is 0 Å². The fourth-order valence-electron chi connectivity index (χ4n) is 3.25. The summed E-state index contributed by atoms with van der Waals surface area (Å²) >= 11 is 0. The molecule has 31 heavy (non-hydrogen) atoms. The molecule has 0 bridgehead atoms. The van der Waals surface area contributed by atoms with Crippen molar-refractivity contribution in [1.29, 1.82) is 0 Å². The highest BCUT2D eigenvalue weighted by molar-refractivity contribution is 7.92. The molecule has 0 radical (unpaired) electrons. The van der Waals surface area contributed by atoms with Gasteiger partial charge in [0.1, 0.15) is 6.10 Å². The Morgan fingerprint density at radius 3 is 2.45 bits per heavy atom. The number of halogens is 6. The summed E-state index contributed by atoms with van der Waals surface area (Å²) in [7, 11) is -4.45. The molecule has 7 nitrogen and oxygen atoms in total. The van der Waals surface area contributed by atoms with Gasteiger partial charge in [-0.25, -0.2) is 8.42 Å². The molecule has 0 spiro atoms. The number of rotatable bonds is 4. The van der Waals surface area contributed by atoms with Gasteiger partial charge < -0.3 is 15.3 Å². The first-order valence-corrected chi connectivity index (χ1v) is 10.3. The minimum atomic E-state index is -5.19. The van der Waals surface area contributed by atoms with E-state index in [-0.39, 0.29) is 19.4 Å². The first kappa shape index (κ1) is 24.9. The second-order valence-electron chi connectivity index (χ2n) is 6.81. The summed E-state index contributed by atoms with van der Waals surface area (Å²) in [6.45, 7) is 1.09. The predicted molar refractivity (Wildman–Crippen MR) is 94.0 cm³/mol. The van der Waals surface area contributed by atoms with E-state index < -0.39 is 61.7 Å². The lowest BCUT2D eigenvalue weighted by atomic mass is 9.91. The third-order valence-electron chi connectivity index (χ3n) is 5.02. The number of ether oxygens (including phenoxy) is 1. The highest BCUT2D eigenvalue weighted by atomic mass is 32.2. The highest BCUT2D eigenvalue weighted by Crippen LogP contribution is 2.41. The average Bonchev–Trinajstić information content (AvgIpc) is 2.70. The average molecular weight is 476 g/mol. The quantitative estimate of drug-likeness (QED) is 0.228. The lowest BCUT2D eigenvalue weighted by Crippen LogP contribution is -2.53. The van der Waals surface area contributed by atoms with Crippen molar-refractivity contribution >= 4 is 21.6 Å². The van der Waals surface area contributed by atoms with Gasteiger partial charge in [-0.05, 0) is 31.0 Å². The van der Waals surface area contributed by atoms with Crippen LogP contribution in [0.5, 0.6) is 0 Å². The summed E-state index contributed by atoms with van der Waals surface area (Å²) in [5.41, 5.74) is -1.19. The number of amides is 1. The second kappa shape index (κ2) is 8.65. The maximum absolute atomic E-state index is 13.2. The molecular weight excluding hydrogens is 458 g/mol. The Labute approximate surface area is 173 Å². The Balaban J connectivity index is 2.37. The van der Waals surface area contributed by atoms with E-state index in [4.69, 9.17) is 9.94 Å². The zero-order chi connectivity index (χ0) is 23.7. The molecular formula is C17H18F6N2O5S. The number of carbonyl (C=O) groups excluding carboxylic acids is 1. The SMILES string of the molecule is CCC1(S(=O)(=O)c2cccc(C(F)(F)F)c2)CCOC(C(=O)N/C(=N\O)C(F)(F)F)C1. The lowest BCUT2D eigenvalue weighted by Gasteiger charge is -2.39. The van der Waals surface area contributed by atoms with Crippen LogP contribution < -0.4 is 5.32 Å². The minimum absolute atomic E-state index is 0.140. The zero-order valence-electron chi connectivity index (χ0n) is 15.9. The molecule has 2 rings (SSSR count). The summed E-state index contributed by atoms with van der Waals surface area (Å²) < 4.78 is 107. The third kappa shape index (κ3) is 5.11. The summed E-state index contributed by atoms with van der Waals surface area (Å²) in [5.74, 6) is -3.42. The second-order valence-corrected chi connectivity index (χ2v) is 9.16. The van der Waals surface area contributed by atoms with E-state index >= 15 is 0 Å². The molecule has 1 aliphatic rings. The van der Waals surface area contributed by atoms with E-state index in [1.54, 1.807) is 0 Å². The van der Waals surface area contributed by atoms with Gasteiger partial charge in [0.15, 0.2) is 9.84 Å². The van der Waals surface area contributed by atoms with Gasteiger partial charge in [0, 0.05) is 13.0 Å². The number of nitrogens with zero attached hydrogens (tertiary/aromatic N) is 1. The number of amidine groups is 1. The van der Waals surface area contributed by atoms with Crippen LogP contribution >= 0.6 is 0 Å². The largest absolute Gasteiger partial charge is 0.453 e. The predicted octanol–water partition coefficient (Wildman–Crippen LogP) is 3.27. The topological polar surface area (TPSA) is 105 Å². The molecule has 14 heteroatoms. The molecule has 1 fully saturated rings. The van der Waals surface area contributed by atoms with E-state index in [9.17, 15) is 39.6 Å². The maximum atomic E-state index is 13.2. The first-order valence-electron chi connectivity index (χ1n) is 8.81. The van der Waals surface area contributed by atoms with Crippen LogP contribution in [0.2, 0.25) is 0 Å². The van der Waals surface area contributed by atoms with Gasteiger partial charge in [0.25, 0.3) is 11.7 Å². The van der Waals surface area contributed by atoms with Crippen LogP contribution in [0.4, 0.5) is 26.3 Å². The Morgan fingerprint density at radius 2 is 1.94 bits per heavy atom. The molecule has 1 aromatic carbocycles. The number of sulfone groups is 1. The van der Waals surface area contributed by atoms with Crippen LogP contribution in [-0.2, 0) is 25.5 Å². The van der Waals surface area contributed by atoms with Crippen LogP contribution in [0.25, 0.3) is 0 Å². The van der Waals surface area contributed by atoms with E-state index in [1.807, 2.05) is 5.16 Å². The molecule has 0 aliphatic carbocycles.